The quantitative estimate of drug-likeness (QED) is 0.555. The van der Waals surface area contributed by atoms with E-state index in [1.807, 2.05) is 0 Å². The Bertz CT molecular complexity index is 1050. The smallest absolute Gasteiger partial charge is 0.392 e. The number of pyridine rings is 1. The van der Waals surface area contributed by atoms with Crippen molar-refractivity contribution in [1.29, 1.82) is 0 Å². The van der Waals surface area contributed by atoms with Gasteiger partial charge >= 0.3 is 6.18 Å². The van der Waals surface area contributed by atoms with Crippen LogP contribution < -0.4 is 10.9 Å². The molecule has 27 heavy (non-hydrogen) atoms. The second-order valence-corrected chi connectivity index (χ2v) is 6.04. The Kier molecular flexibility index (Phi) is 4.75. The van der Waals surface area contributed by atoms with Gasteiger partial charge < -0.3 is 15.4 Å². The summed E-state index contributed by atoms with van der Waals surface area (Å²) in [6.45, 7) is 1.47. The summed E-state index contributed by atoms with van der Waals surface area (Å²) in [6, 6.07) is 2.96. The monoisotopic (exact) mass is 380 g/mol. The van der Waals surface area contributed by atoms with E-state index >= 15 is 0 Å². The third-order valence-electron chi connectivity index (χ3n) is 3.90. The summed E-state index contributed by atoms with van der Waals surface area (Å²) < 4.78 is 39.6. The number of aliphatic hydroxyl groups excluding tert-OH is 1. The number of amides is 1. The maximum Gasteiger partial charge on any atom is 0.416 e. The summed E-state index contributed by atoms with van der Waals surface area (Å²) in [5, 5.41) is 18.2. The fourth-order valence-electron chi connectivity index (χ4n) is 2.60. The highest BCUT2D eigenvalue weighted by molar-refractivity contribution is 5.98. The molecule has 0 spiro atoms. The van der Waals surface area contributed by atoms with Crippen molar-refractivity contribution < 1.29 is 23.1 Å². The summed E-state index contributed by atoms with van der Waals surface area (Å²) in [6.07, 6.45) is -2.92. The topological polar surface area (TPSA) is 111 Å². The standard InChI is InChI=1S/C17H15F3N4O3/c1-8(25)5-21-15(26)9-2-12(16(27)22-6-9)11-3-10(17(18,19)20)4-14-13(11)7-23-24-14/h2-4,6-8,25H,5H2,1H3,(H,21,26)(H,22,27)(H,23,24)/t8-/m1/s1. The number of carbonyl (C=O) groups excluding carboxylic acids is 1. The molecule has 3 rings (SSSR count). The van der Waals surface area contributed by atoms with Crippen LogP contribution in [0, 0.1) is 0 Å². The van der Waals surface area contributed by atoms with Crippen molar-refractivity contribution in [2.45, 2.75) is 19.2 Å². The minimum Gasteiger partial charge on any atom is -0.392 e. The number of aromatic amines is 2. The predicted octanol–water partition coefficient (Wildman–Crippen LogP) is 2.05. The predicted molar refractivity (Wildman–Crippen MR) is 91.2 cm³/mol. The zero-order valence-electron chi connectivity index (χ0n) is 14.0. The lowest BCUT2D eigenvalue weighted by molar-refractivity contribution is -0.137. The van der Waals surface area contributed by atoms with Gasteiger partial charge in [0.2, 0.25) is 0 Å². The molecular weight excluding hydrogens is 365 g/mol. The molecule has 142 valence electrons. The van der Waals surface area contributed by atoms with Gasteiger partial charge in [0.25, 0.3) is 11.5 Å². The van der Waals surface area contributed by atoms with Crippen LogP contribution in [0.4, 0.5) is 13.2 Å². The van der Waals surface area contributed by atoms with Crippen LogP contribution >= 0.6 is 0 Å². The molecule has 7 nitrogen and oxygen atoms in total. The largest absolute Gasteiger partial charge is 0.416 e. The third kappa shape index (κ3) is 3.85. The van der Waals surface area contributed by atoms with Crippen LogP contribution in [0.5, 0.6) is 0 Å². The summed E-state index contributed by atoms with van der Waals surface area (Å²) in [5.74, 6) is -0.580. The number of fused-ring (bicyclic) bond motifs is 1. The molecule has 0 aliphatic heterocycles. The molecule has 10 heteroatoms. The molecule has 0 bridgehead atoms. The van der Waals surface area contributed by atoms with Gasteiger partial charge in [-0.2, -0.15) is 18.3 Å². The van der Waals surface area contributed by atoms with E-state index in [9.17, 15) is 27.9 Å². The average Bonchev–Trinajstić information content (AvgIpc) is 3.07. The van der Waals surface area contributed by atoms with Gasteiger partial charge in [-0.15, -0.1) is 0 Å². The van der Waals surface area contributed by atoms with Crippen molar-refractivity contribution in [3.05, 3.63) is 52.1 Å². The van der Waals surface area contributed by atoms with Crippen molar-refractivity contribution in [2.24, 2.45) is 0 Å². The molecule has 0 fully saturated rings. The Morgan fingerprint density at radius 3 is 2.70 bits per heavy atom. The molecule has 0 radical (unpaired) electrons. The lowest BCUT2D eigenvalue weighted by Crippen LogP contribution is -2.31. The molecule has 1 atom stereocenters. The number of aliphatic hydroxyl groups is 1. The zero-order chi connectivity index (χ0) is 19.8. The molecular formula is C17H15F3N4O3. The second kappa shape index (κ2) is 6.88. The Morgan fingerprint density at radius 2 is 2.04 bits per heavy atom. The summed E-state index contributed by atoms with van der Waals surface area (Å²) >= 11 is 0. The number of aromatic nitrogens is 3. The molecule has 2 heterocycles. The van der Waals surface area contributed by atoms with Gasteiger partial charge in [0.15, 0.2) is 0 Å². The first kappa shape index (κ1) is 18.6. The first-order chi connectivity index (χ1) is 12.7. The van der Waals surface area contributed by atoms with Crippen molar-refractivity contribution in [3.8, 4) is 11.1 Å². The normalized spacial score (nSPS) is 12.9. The molecule has 0 saturated heterocycles. The highest BCUT2D eigenvalue weighted by Crippen LogP contribution is 2.35. The van der Waals surface area contributed by atoms with E-state index in [0.29, 0.717) is 5.39 Å². The lowest BCUT2D eigenvalue weighted by atomic mass is 9.99. The molecule has 1 aromatic carbocycles. The van der Waals surface area contributed by atoms with Crippen LogP contribution in [0.15, 0.2) is 35.4 Å². The van der Waals surface area contributed by atoms with E-state index in [2.05, 4.69) is 20.5 Å². The van der Waals surface area contributed by atoms with Crippen molar-refractivity contribution >= 4 is 16.8 Å². The van der Waals surface area contributed by atoms with Crippen LogP contribution in [0.2, 0.25) is 0 Å². The number of H-pyrrole nitrogens is 2. The Morgan fingerprint density at radius 1 is 1.30 bits per heavy atom. The maximum atomic E-state index is 13.2. The minimum atomic E-state index is -4.62. The van der Waals surface area contributed by atoms with Crippen LogP contribution in [0.1, 0.15) is 22.8 Å². The van der Waals surface area contributed by atoms with E-state index < -0.39 is 29.3 Å². The molecule has 3 aromatic rings. The Labute approximate surface area is 150 Å². The number of halogens is 3. The molecule has 2 aromatic heterocycles. The number of rotatable bonds is 4. The zero-order valence-corrected chi connectivity index (χ0v) is 14.0. The number of hydrogen-bond acceptors (Lipinski definition) is 4. The fourth-order valence-corrected chi connectivity index (χ4v) is 2.60. The molecule has 0 aliphatic rings. The number of benzene rings is 1. The first-order valence-corrected chi connectivity index (χ1v) is 7.90. The maximum absolute atomic E-state index is 13.2. The number of alkyl halides is 3. The van der Waals surface area contributed by atoms with Gasteiger partial charge in [-0.05, 0) is 30.7 Å². The van der Waals surface area contributed by atoms with Crippen molar-refractivity contribution in [2.75, 3.05) is 6.54 Å². The summed E-state index contributed by atoms with van der Waals surface area (Å²) in [5.41, 5.74) is -1.54. The average molecular weight is 380 g/mol. The van der Waals surface area contributed by atoms with Crippen LogP contribution in [0.3, 0.4) is 0 Å². The third-order valence-corrected chi connectivity index (χ3v) is 3.90. The Hall–Kier alpha value is -3.14. The molecule has 4 N–H and O–H groups in total. The van der Waals surface area contributed by atoms with Gasteiger partial charge in [0.05, 0.1) is 28.9 Å². The van der Waals surface area contributed by atoms with Gasteiger partial charge in [0.1, 0.15) is 0 Å². The highest BCUT2D eigenvalue weighted by atomic mass is 19.4. The van der Waals surface area contributed by atoms with E-state index in [1.54, 1.807) is 0 Å². The minimum absolute atomic E-state index is 0.00000115. The van der Waals surface area contributed by atoms with E-state index in [-0.39, 0.29) is 28.8 Å². The van der Waals surface area contributed by atoms with Gasteiger partial charge in [-0.25, -0.2) is 0 Å². The van der Waals surface area contributed by atoms with E-state index in [4.69, 9.17) is 0 Å². The SMILES string of the molecule is C[C@@H](O)CNC(=O)c1c[nH]c(=O)c(-c2cc(C(F)(F)F)cc3[nH]ncc23)c1. The van der Waals surface area contributed by atoms with Crippen LogP contribution in [-0.4, -0.2) is 38.8 Å². The number of nitrogens with zero attached hydrogens (tertiary/aromatic N) is 1. The van der Waals surface area contributed by atoms with Gasteiger partial charge in [-0.3, -0.25) is 14.7 Å². The number of nitrogens with one attached hydrogen (secondary N) is 3. The lowest BCUT2D eigenvalue weighted by Gasteiger charge is -2.11. The van der Waals surface area contributed by atoms with E-state index in [1.165, 1.54) is 19.2 Å². The van der Waals surface area contributed by atoms with Crippen molar-refractivity contribution in [3.63, 3.8) is 0 Å². The van der Waals surface area contributed by atoms with Crippen LogP contribution in [-0.2, 0) is 6.18 Å². The highest BCUT2D eigenvalue weighted by Gasteiger charge is 2.32. The van der Waals surface area contributed by atoms with E-state index in [0.717, 1.165) is 18.3 Å². The van der Waals surface area contributed by atoms with Crippen LogP contribution in [0.25, 0.3) is 22.0 Å². The summed E-state index contributed by atoms with van der Waals surface area (Å²) in [7, 11) is 0. The first-order valence-electron chi connectivity index (χ1n) is 7.90. The van der Waals surface area contributed by atoms with Gasteiger partial charge in [0, 0.05) is 23.7 Å². The Balaban J connectivity index is 2.13. The second-order valence-electron chi connectivity index (χ2n) is 6.04. The fraction of sp³-hybridized carbons (Fsp3) is 0.235. The molecule has 1 amide bonds. The number of hydrogen-bond donors (Lipinski definition) is 4. The molecule has 0 saturated carbocycles. The summed E-state index contributed by atoms with van der Waals surface area (Å²) in [4.78, 5) is 26.7. The van der Waals surface area contributed by atoms with Crippen molar-refractivity contribution in [1.82, 2.24) is 20.5 Å². The molecule has 0 unspecified atom stereocenters. The number of carbonyl (C=O) groups is 1. The van der Waals surface area contributed by atoms with Gasteiger partial charge in [-0.1, -0.05) is 0 Å². The molecule has 0 aliphatic carbocycles.